The summed E-state index contributed by atoms with van der Waals surface area (Å²) in [5.74, 6) is -0.381. The van der Waals surface area contributed by atoms with Gasteiger partial charge in [-0.1, -0.05) is 0 Å². The lowest BCUT2D eigenvalue weighted by atomic mass is 10.1. The monoisotopic (exact) mass is 347 g/mol. The van der Waals surface area contributed by atoms with E-state index < -0.39 is 27.3 Å². The van der Waals surface area contributed by atoms with Crippen LogP contribution in [0.1, 0.15) is 5.69 Å². The van der Waals surface area contributed by atoms with Crippen molar-refractivity contribution in [3.05, 3.63) is 56.6 Å². The van der Waals surface area contributed by atoms with Crippen LogP contribution in [0.4, 0.5) is 11.4 Å². The maximum Gasteiger partial charge on any atom is 0.325 e. The van der Waals surface area contributed by atoms with Crippen molar-refractivity contribution in [1.29, 1.82) is 0 Å². The van der Waals surface area contributed by atoms with Gasteiger partial charge in [-0.25, -0.2) is 4.98 Å². The average Bonchev–Trinajstić information content (AvgIpc) is 3.16. The Bertz CT molecular complexity index is 831. The van der Waals surface area contributed by atoms with E-state index in [4.69, 9.17) is 4.74 Å². The van der Waals surface area contributed by atoms with Gasteiger partial charge in [0, 0.05) is 24.8 Å². The van der Waals surface area contributed by atoms with Crippen LogP contribution in [0.25, 0.3) is 5.69 Å². The van der Waals surface area contributed by atoms with Gasteiger partial charge in [-0.15, -0.1) is 0 Å². The lowest BCUT2D eigenvalue weighted by molar-refractivity contribution is -0.393. The highest BCUT2D eigenvalue weighted by Gasteiger charge is 2.33. The van der Waals surface area contributed by atoms with Gasteiger partial charge in [0.15, 0.2) is 0 Å². The maximum absolute atomic E-state index is 11.7. The molecule has 1 atom stereocenters. The fraction of sp³-hybridized carbons (Fsp3) is 0.286. The van der Waals surface area contributed by atoms with E-state index in [9.17, 15) is 25.0 Å². The summed E-state index contributed by atoms with van der Waals surface area (Å²) in [4.78, 5) is 38.6. The minimum Gasteiger partial charge on any atom is -0.448 e. The Labute approximate surface area is 140 Å². The number of benzene rings is 1. The highest BCUT2D eigenvalue weighted by Crippen LogP contribution is 2.32. The quantitative estimate of drug-likeness (QED) is 0.445. The van der Waals surface area contributed by atoms with E-state index in [1.54, 1.807) is 11.9 Å². The van der Waals surface area contributed by atoms with Crippen LogP contribution in [-0.4, -0.2) is 50.1 Å². The van der Waals surface area contributed by atoms with Crippen molar-refractivity contribution in [1.82, 2.24) is 14.5 Å². The number of hydrogen-bond acceptors (Lipinski definition) is 8. The second-order valence-corrected chi connectivity index (χ2v) is 5.50. The maximum atomic E-state index is 11.7. The summed E-state index contributed by atoms with van der Waals surface area (Å²) in [6.07, 6.45) is 2.93. The number of nitrogens with zero attached hydrogens (tertiary/aromatic N) is 5. The molecule has 0 unspecified atom stereocenters. The predicted octanol–water partition coefficient (Wildman–Crippen LogP) is 1.05. The number of rotatable bonds is 5. The lowest BCUT2D eigenvalue weighted by Gasteiger charge is -2.12. The van der Waals surface area contributed by atoms with Gasteiger partial charge >= 0.3 is 5.97 Å². The van der Waals surface area contributed by atoms with Crippen molar-refractivity contribution in [3.8, 4) is 5.69 Å². The van der Waals surface area contributed by atoms with E-state index in [1.165, 1.54) is 35.3 Å². The van der Waals surface area contributed by atoms with Crippen LogP contribution in [0.3, 0.4) is 0 Å². The molecule has 0 saturated carbocycles. The van der Waals surface area contributed by atoms with Crippen LogP contribution < -0.4 is 0 Å². The molecule has 11 heteroatoms. The molecule has 1 fully saturated rings. The third kappa shape index (κ3) is 3.04. The SMILES string of the molecule is CN1COC(=O)[C@@H]1Cc1cn(-c2c([N+](=O)[O-])cccc2[N+](=O)[O-])cn1. The number of likely N-dealkylation sites (N-methyl/N-ethyl adjacent to an activating group) is 1. The van der Waals surface area contributed by atoms with Gasteiger partial charge in [-0.2, -0.15) is 0 Å². The molecule has 1 aliphatic heterocycles. The van der Waals surface area contributed by atoms with Crippen molar-refractivity contribution in [2.45, 2.75) is 12.5 Å². The zero-order valence-electron chi connectivity index (χ0n) is 13.1. The first kappa shape index (κ1) is 16.5. The number of nitro groups is 2. The molecule has 25 heavy (non-hydrogen) atoms. The molecule has 1 saturated heterocycles. The Hall–Kier alpha value is -3.34. The van der Waals surface area contributed by atoms with Crippen LogP contribution >= 0.6 is 0 Å². The first-order valence-corrected chi connectivity index (χ1v) is 7.20. The van der Waals surface area contributed by atoms with Crippen molar-refractivity contribution in [2.75, 3.05) is 13.8 Å². The third-order valence-electron chi connectivity index (χ3n) is 3.90. The number of cyclic esters (lactones) is 1. The van der Waals surface area contributed by atoms with Crippen molar-refractivity contribution in [3.63, 3.8) is 0 Å². The number of imidazole rings is 1. The Kier molecular flexibility index (Phi) is 4.15. The minimum absolute atomic E-state index is 0.180. The molecular formula is C14H13N5O6. The highest BCUT2D eigenvalue weighted by molar-refractivity contribution is 5.77. The molecule has 3 rings (SSSR count). The molecule has 0 spiro atoms. The summed E-state index contributed by atoms with van der Waals surface area (Å²) in [5.41, 5.74) is -0.534. The lowest BCUT2D eigenvalue weighted by Crippen LogP contribution is -2.31. The Morgan fingerprint density at radius 1 is 1.28 bits per heavy atom. The molecule has 11 nitrogen and oxygen atoms in total. The Morgan fingerprint density at radius 3 is 2.44 bits per heavy atom. The summed E-state index contributed by atoms with van der Waals surface area (Å²) in [5, 5.41) is 22.4. The number of hydrogen-bond donors (Lipinski definition) is 0. The third-order valence-corrected chi connectivity index (χ3v) is 3.90. The van der Waals surface area contributed by atoms with Gasteiger partial charge in [0.1, 0.15) is 12.8 Å². The average molecular weight is 347 g/mol. The number of ether oxygens (including phenoxy) is 1. The molecule has 0 aliphatic carbocycles. The summed E-state index contributed by atoms with van der Waals surface area (Å²) < 4.78 is 6.14. The molecule has 0 radical (unpaired) electrons. The molecule has 130 valence electrons. The number of nitro benzene ring substituents is 2. The zero-order chi connectivity index (χ0) is 18.1. The van der Waals surface area contributed by atoms with E-state index in [0.717, 1.165) is 0 Å². The Morgan fingerprint density at radius 2 is 1.92 bits per heavy atom. The second-order valence-electron chi connectivity index (χ2n) is 5.50. The van der Waals surface area contributed by atoms with E-state index in [2.05, 4.69) is 4.98 Å². The van der Waals surface area contributed by atoms with Gasteiger partial charge in [-0.3, -0.25) is 34.5 Å². The van der Waals surface area contributed by atoms with Gasteiger partial charge in [-0.05, 0) is 13.1 Å². The number of carbonyl (C=O) groups is 1. The molecule has 0 N–H and O–H groups in total. The fourth-order valence-corrected chi connectivity index (χ4v) is 2.64. The first-order chi connectivity index (χ1) is 11.9. The van der Waals surface area contributed by atoms with E-state index >= 15 is 0 Å². The second kappa shape index (κ2) is 6.28. The number of aromatic nitrogens is 2. The van der Waals surface area contributed by atoms with Crippen LogP contribution in [0, 0.1) is 20.2 Å². The number of carbonyl (C=O) groups excluding carboxylic acids is 1. The van der Waals surface area contributed by atoms with Gasteiger partial charge in [0.05, 0.1) is 21.9 Å². The van der Waals surface area contributed by atoms with Crippen molar-refractivity contribution < 1.29 is 19.4 Å². The number of esters is 1. The summed E-state index contributed by atoms with van der Waals surface area (Å²) in [6, 6.07) is 3.11. The number of para-hydroxylation sites is 1. The molecular weight excluding hydrogens is 334 g/mol. The first-order valence-electron chi connectivity index (χ1n) is 7.20. The van der Waals surface area contributed by atoms with Crippen molar-refractivity contribution >= 4 is 17.3 Å². The van der Waals surface area contributed by atoms with Crippen LogP contribution in [0.2, 0.25) is 0 Å². The van der Waals surface area contributed by atoms with Crippen LogP contribution in [0.5, 0.6) is 0 Å². The van der Waals surface area contributed by atoms with Gasteiger partial charge in [0.2, 0.25) is 5.69 Å². The normalized spacial score (nSPS) is 17.5. The van der Waals surface area contributed by atoms with Gasteiger partial charge in [0.25, 0.3) is 11.4 Å². The largest absolute Gasteiger partial charge is 0.448 e. The standard InChI is InChI=1S/C14H13N5O6/c1-16-8-25-14(20)12(16)5-9-6-17(7-15-9)13-10(18(21)22)3-2-4-11(13)19(23)24/h2-4,6-7,12H,5,8H2,1H3/t12-/m0/s1. The summed E-state index contributed by atoms with van der Waals surface area (Å²) in [6.45, 7) is 0.180. The predicted molar refractivity (Wildman–Crippen MR) is 83.1 cm³/mol. The highest BCUT2D eigenvalue weighted by atomic mass is 16.6. The van der Waals surface area contributed by atoms with Gasteiger partial charge < -0.3 is 4.74 Å². The van der Waals surface area contributed by atoms with E-state index in [-0.39, 0.29) is 24.8 Å². The fourth-order valence-electron chi connectivity index (χ4n) is 2.64. The van der Waals surface area contributed by atoms with E-state index in [0.29, 0.717) is 5.69 Å². The molecule has 2 heterocycles. The molecule has 0 bridgehead atoms. The van der Waals surface area contributed by atoms with E-state index in [1.807, 2.05) is 0 Å². The molecule has 1 aromatic heterocycles. The molecule has 1 aliphatic rings. The smallest absolute Gasteiger partial charge is 0.325 e. The Balaban J connectivity index is 1.98. The molecule has 1 aromatic carbocycles. The summed E-state index contributed by atoms with van der Waals surface area (Å²) in [7, 11) is 1.72. The minimum atomic E-state index is -0.690. The molecule has 0 amide bonds. The molecule has 2 aromatic rings. The summed E-state index contributed by atoms with van der Waals surface area (Å²) >= 11 is 0. The van der Waals surface area contributed by atoms with Crippen molar-refractivity contribution in [2.24, 2.45) is 0 Å². The zero-order valence-corrected chi connectivity index (χ0v) is 13.1. The van der Waals surface area contributed by atoms with Crippen LogP contribution in [-0.2, 0) is 16.0 Å². The topological polar surface area (TPSA) is 134 Å². The van der Waals surface area contributed by atoms with Crippen LogP contribution in [0.15, 0.2) is 30.7 Å².